The minimum absolute atomic E-state index is 0.326. The number of esters is 1. The molecule has 0 heterocycles. The van der Waals surface area contributed by atoms with E-state index in [-0.39, 0.29) is 6.10 Å². The molecule has 19 heavy (non-hydrogen) atoms. The van der Waals surface area contributed by atoms with E-state index in [4.69, 9.17) is 16.3 Å². The minimum atomic E-state index is -0.447. The summed E-state index contributed by atoms with van der Waals surface area (Å²) in [7, 11) is 0. The van der Waals surface area contributed by atoms with Gasteiger partial charge in [-0.25, -0.2) is 4.79 Å². The summed E-state index contributed by atoms with van der Waals surface area (Å²) in [5.74, 6) is -0.447. The first-order chi connectivity index (χ1) is 9.08. The van der Waals surface area contributed by atoms with Gasteiger partial charge in [0, 0.05) is 4.90 Å². The maximum atomic E-state index is 12.1. The molecule has 0 fully saturated rings. The number of rotatable bonds is 3. The maximum absolute atomic E-state index is 12.1. The number of hydrogen-bond acceptors (Lipinski definition) is 3. The third-order valence-electron chi connectivity index (χ3n) is 2.72. The number of thiol groups is 1. The van der Waals surface area contributed by atoms with Crippen molar-refractivity contribution in [1.82, 2.24) is 0 Å². The molecule has 0 bridgehead atoms. The highest BCUT2D eigenvalue weighted by atomic mass is 35.5. The van der Waals surface area contributed by atoms with Crippen LogP contribution >= 0.6 is 24.2 Å². The van der Waals surface area contributed by atoms with Crippen LogP contribution in [0.15, 0.2) is 53.4 Å². The van der Waals surface area contributed by atoms with Gasteiger partial charge in [0.15, 0.2) is 0 Å². The molecule has 0 saturated carbocycles. The van der Waals surface area contributed by atoms with Gasteiger partial charge in [0.05, 0.1) is 10.6 Å². The average molecular weight is 293 g/mol. The summed E-state index contributed by atoms with van der Waals surface area (Å²) >= 11 is 10.2. The zero-order valence-electron chi connectivity index (χ0n) is 10.3. The molecule has 0 saturated heterocycles. The monoisotopic (exact) mass is 292 g/mol. The van der Waals surface area contributed by atoms with E-state index < -0.39 is 5.97 Å². The summed E-state index contributed by atoms with van der Waals surface area (Å²) < 4.78 is 5.40. The summed E-state index contributed by atoms with van der Waals surface area (Å²) in [6, 6.07) is 14.5. The van der Waals surface area contributed by atoms with Crippen molar-refractivity contribution in [3.05, 3.63) is 64.7 Å². The van der Waals surface area contributed by atoms with Crippen LogP contribution in [-0.2, 0) is 4.74 Å². The van der Waals surface area contributed by atoms with E-state index >= 15 is 0 Å². The molecule has 98 valence electrons. The van der Waals surface area contributed by atoms with Gasteiger partial charge in [-0.2, -0.15) is 0 Å². The van der Waals surface area contributed by atoms with Gasteiger partial charge in [-0.05, 0) is 30.7 Å². The van der Waals surface area contributed by atoms with E-state index in [1.165, 1.54) is 0 Å². The Morgan fingerprint density at radius 3 is 2.58 bits per heavy atom. The zero-order chi connectivity index (χ0) is 13.8. The van der Waals surface area contributed by atoms with Gasteiger partial charge in [0.25, 0.3) is 0 Å². The second-order valence-corrected chi connectivity index (χ2v) is 5.05. The molecule has 0 spiro atoms. The zero-order valence-corrected chi connectivity index (χ0v) is 12.0. The van der Waals surface area contributed by atoms with Gasteiger partial charge in [-0.15, -0.1) is 12.6 Å². The first-order valence-corrected chi connectivity index (χ1v) is 6.65. The minimum Gasteiger partial charge on any atom is -0.454 e. The van der Waals surface area contributed by atoms with Gasteiger partial charge in [-0.1, -0.05) is 41.9 Å². The molecule has 2 aromatic rings. The van der Waals surface area contributed by atoms with Crippen molar-refractivity contribution >= 4 is 30.2 Å². The highest BCUT2D eigenvalue weighted by Crippen LogP contribution is 2.24. The standard InChI is InChI=1S/C15H13ClO2S/c1-10(11-5-3-2-4-6-11)18-15(17)13-9-12(19)7-8-14(13)16/h2-10,19H,1H3. The van der Waals surface area contributed by atoms with Gasteiger partial charge < -0.3 is 4.74 Å². The number of benzene rings is 2. The lowest BCUT2D eigenvalue weighted by molar-refractivity contribution is 0.0338. The molecule has 2 rings (SSSR count). The summed E-state index contributed by atoms with van der Waals surface area (Å²) in [5, 5.41) is 0.364. The molecule has 1 unspecified atom stereocenters. The molecule has 1 atom stereocenters. The second-order valence-electron chi connectivity index (χ2n) is 4.12. The molecule has 2 aromatic carbocycles. The van der Waals surface area contributed by atoms with Crippen molar-refractivity contribution in [3.63, 3.8) is 0 Å². The summed E-state index contributed by atoms with van der Waals surface area (Å²) in [6.45, 7) is 1.83. The normalized spacial score (nSPS) is 11.9. The van der Waals surface area contributed by atoms with E-state index in [1.807, 2.05) is 37.3 Å². The Balaban J connectivity index is 2.15. The van der Waals surface area contributed by atoms with Crippen LogP contribution in [0.4, 0.5) is 0 Å². The van der Waals surface area contributed by atoms with Crippen molar-refractivity contribution in [2.24, 2.45) is 0 Å². The molecule has 2 nitrogen and oxygen atoms in total. The predicted octanol–water partition coefficient (Wildman–Crippen LogP) is 4.55. The number of halogens is 1. The SMILES string of the molecule is CC(OC(=O)c1cc(S)ccc1Cl)c1ccccc1. The first-order valence-electron chi connectivity index (χ1n) is 5.82. The smallest absolute Gasteiger partial charge is 0.340 e. The first kappa shape index (κ1) is 14.0. The largest absolute Gasteiger partial charge is 0.454 e. The van der Waals surface area contributed by atoms with Crippen molar-refractivity contribution in [2.75, 3.05) is 0 Å². The Labute approximate surface area is 122 Å². The van der Waals surface area contributed by atoms with Gasteiger partial charge in [0.1, 0.15) is 6.10 Å². The lowest BCUT2D eigenvalue weighted by atomic mass is 10.1. The Bertz CT molecular complexity index is 584. The topological polar surface area (TPSA) is 26.3 Å². The molecule has 0 aliphatic carbocycles. The van der Waals surface area contributed by atoms with Crippen LogP contribution in [0, 0.1) is 0 Å². The van der Waals surface area contributed by atoms with E-state index in [1.54, 1.807) is 18.2 Å². The molecular formula is C15H13ClO2S. The van der Waals surface area contributed by atoms with E-state index in [2.05, 4.69) is 12.6 Å². The van der Waals surface area contributed by atoms with Crippen molar-refractivity contribution in [2.45, 2.75) is 17.9 Å². The van der Waals surface area contributed by atoms with Crippen LogP contribution in [0.3, 0.4) is 0 Å². The molecule has 0 aliphatic heterocycles. The van der Waals surface area contributed by atoms with Crippen LogP contribution in [-0.4, -0.2) is 5.97 Å². The fraction of sp³-hybridized carbons (Fsp3) is 0.133. The highest BCUT2D eigenvalue weighted by Gasteiger charge is 2.16. The predicted molar refractivity (Wildman–Crippen MR) is 79.0 cm³/mol. The molecule has 0 amide bonds. The number of carbonyl (C=O) groups is 1. The Hall–Kier alpha value is -1.45. The molecule has 4 heteroatoms. The lowest BCUT2D eigenvalue weighted by Crippen LogP contribution is -2.09. The van der Waals surface area contributed by atoms with Gasteiger partial charge >= 0.3 is 5.97 Å². The summed E-state index contributed by atoms with van der Waals surface area (Å²) in [4.78, 5) is 12.7. The quantitative estimate of drug-likeness (QED) is 0.664. The van der Waals surface area contributed by atoms with Crippen LogP contribution < -0.4 is 0 Å². The Morgan fingerprint density at radius 2 is 1.89 bits per heavy atom. The van der Waals surface area contributed by atoms with Crippen LogP contribution in [0.25, 0.3) is 0 Å². The van der Waals surface area contributed by atoms with Gasteiger partial charge in [-0.3, -0.25) is 0 Å². The third-order valence-corrected chi connectivity index (χ3v) is 3.33. The summed E-state index contributed by atoms with van der Waals surface area (Å²) in [5.41, 5.74) is 1.27. The third kappa shape index (κ3) is 3.52. The van der Waals surface area contributed by atoms with E-state index in [9.17, 15) is 4.79 Å². The van der Waals surface area contributed by atoms with E-state index in [0.717, 1.165) is 5.56 Å². The van der Waals surface area contributed by atoms with Crippen LogP contribution in [0.2, 0.25) is 5.02 Å². The molecular weight excluding hydrogens is 280 g/mol. The number of ether oxygens (including phenoxy) is 1. The number of hydrogen-bond donors (Lipinski definition) is 1. The fourth-order valence-electron chi connectivity index (χ4n) is 1.69. The van der Waals surface area contributed by atoms with Crippen LogP contribution in [0.1, 0.15) is 28.9 Å². The maximum Gasteiger partial charge on any atom is 0.340 e. The lowest BCUT2D eigenvalue weighted by Gasteiger charge is -2.14. The molecule has 0 aliphatic rings. The number of carbonyl (C=O) groups excluding carboxylic acids is 1. The Kier molecular flexibility index (Phi) is 4.51. The fourth-order valence-corrected chi connectivity index (χ4v) is 2.08. The second kappa shape index (κ2) is 6.13. The summed E-state index contributed by atoms with van der Waals surface area (Å²) in [6.07, 6.45) is -0.326. The molecule has 0 aromatic heterocycles. The highest BCUT2D eigenvalue weighted by molar-refractivity contribution is 7.80. The Morgan fingerprint density at radius 1 is 1.21 bits per heavy atom. The van der Waals surface area contributed by atoms with Crippen molar-refractivity contribution in [3.8, 4) is 0 Å². The van der Waals surface area contributed by atoms with Gasteiger partial charge in [0.2, 0.25) is 0 Å². The van der Waals surface area contributed by atoms with E-state index in [0.29, 0.717) is 15.5 Å². The van der Waals surface area contributed by atoms with Crippen LogP contribution in [0.5, 0.6) is 0 Å². The molecule has 0 N–H and O–H groups in total. The molecule has 0 radical (unpaired) electrons. The van der Waals surface area contributed by atoms with Crippen molar-refractivity contribution < 1.29 is 9.53 Å². The van der Waals surface area contributed by atoms with Crippen molar-refractivity contribution in [1.29, 1.82) is 0 Å². The average Bonchev–Trinajstić information content (AvgIpc) is 2.42.